The minimum Gasteiger partial charge on any atom is -0.478 e. The normalized spacial score (nSPS) is 11.2. The molecule has 0 saturated carbocycles. The van der Waals surface area contributed by atoms with Gasteiger partial charge in [-0.15, -0.1) is 0 Å². The Labute approximate surface area is 129 Å². The van der Waals surface area contributed by atoms with Crippen molar-refractivity contribution >= 4 is 11.9 Å². The Morgan fingerprint density at radius 1 is 0.864 bits per heavy atom. The molecule has 4 nitrogen and oxygen atoms in total. The van der Waals surface area contributed by atoms with Crippen LogP contribution in [0.25, 0.3) is 11.1 Å². The lowest BCUT2D eigenvalue weighted by Crippen LogP contribution is -2.11. The first-order valence-electron chi connectivity index (χ1n) is 6.92. The number of rotatable bonds is 3. The lowest BCUT2D eigenvalue weighted by molar-refractivity contribution is 0.0652. The van der Waals surface area contributed by atoms with E-state index >= 15 is 0 Å². The van der Waals surface area contributed by atoms with Crippen LogP contribution in [0.5, 0.6) is 0 Å². The third-order valence-electron chi connectivity index (χ3n) is 3.57. The molecule has 0 saturated heterocycles. The first-order chi connectivity index (χ1) is 10.2. The van der Waals surface area contributed by atoms with Crippen molar-refractivity contribution in [2.45, 2.75) is 26.2 Å². The lowest BCUT2D eigenvalue weighted by Gasteiger charge is -2.19. The van der Waals surface area contributed by atoms with Crippen molar-refractivity contribution in [1.29, 1.82) is 0 Å². The van der Waals surface area contributed by atoms with Gasteiger partial charge in [0.1, 0.15) is 0 Å². The van der Waals surface area contributed by atoms with E-state index in [0.29, 0.717) is 11.1 Å². The van der Waals surface area contributed by atoms with Gasteiger partial charge < -0.3 is 10.2 Å². The molecule has 0 amide bonds. The average Bonchev–Trinajstić information content (AvgIpc) is 2.45. The molecular weight excluding hydrogens is 280 g/mol. The van der Waals surface area contributed by atoms with E-state index in [1.807, 2.05) is 24.3 Å². The minimum atomic E-state index is -1.24. The standard InChI is InChI=1S/C18H18O4/c1-18(2,3)12-9-7-11(8-10-12)13-5-4-6-14(16(19)20)15(13)17(21)22/h4-10H,1-3H3,(H,19,20)(H,21,22). The van der Waals surface area contributed by atoms with Crippen LogP contribution >= 0.6 is 0 Å². The smallest absolute Gasteiger partial charge is 0.337 e. The van der Waals surface area contributed by atoms with E-state index in [2.05, 4.69) is 20.8 Å². The Kier molecular flexibility index (Phi) is 4.04. The van der Waals surface area contributed by atoms with Crippen molar-refractivity contribution in [3.05, 3.63) is 59.2 Å². The number of benzene rings is 2. The maximum atomic E-state index is 11.5. The van der Waals surface area contributed by atoms with Crippen LogP contribution in [-0.4, -0.2) is 22.2 Å². The highest BCUT2D eigenvalue weighted by Crippen LogP contribution is 2.29. The predicted octanol–water partition coefficient (Wildman–Crippen LogP) is 4.05. The fourth-order valence-corrected chi connectivity index (χ4v) is 2.35. The summed E-state index contributed by atoms with van der Waals surface area (Å²) in [7, 11) is 0. The van der Waals surface area contributed by atoms with Gasteiger partial charge in [-0.25, -0.2) is 9.59 Å². The Morgan fingerprint density at radius 3 is 1.91 bits per heavy atom. The third kappa shape index (κ3) is 3.01. The zero-order valence-electron chi connectivity index (χ0n) is 12.8. The molecule has 22 heavy (non-hydrogen) atoms. The summed E-state index contributed by atoms with van der Waals surface area (Å²) in [6.07, 6.45) is 0. The maximum Gasteiger partial charge on any atom is 0.337 e. The van der Waals surface area contributed by atoms with Gasteiger partial charge in [0.2, 0.25) is 0 Å². The minimum absolute atomic E-state index is 0.00291. The van der Waals surface area contributed by atoms with E-state index in [1.165, 1.54) is 6.07 Å². The molecule has 114 valence electrons. The third-order valence-corrected chi connectivity index (χ3v) is 3.57. The van der Waals surface area contributed by atoms with E-state index in [4.69, 9.17) is 0 Å². The topological polar surface area (TPSA) is 74.6 Å². The highest BCUT2D eigenvalue weighted by Gasteiger charge is 2.21. The lowest BCUT2D eigenvalue weighted by atomic mass is 9.85. The molecule has 2 N–H and O–H groups in total. The van der Waals surface area contributed by atoms with Gasteiger partial charge >= 0.3 is 11.9 Å². The molecule has 0 unspecified atom stereocenters. The van der Waals surface area contributed by atoms with Gasteiger partial charge in [0.05, 0.1) is 11.1 Å². The second kappa shape index (κ2) is 5.64. The molecule has 0 spiro atoms. The van der Waals surface area contributed by atoms with Crippen molar-refractivity contribution in [3.8, 4) is 11.1 Å². The van der Waals surface area contributed by atoms with Crippen molar-refractivity contribution in [2.24, 2.45) is 0 Å². The van der Waals surface area contributed by atoms with Crippen LogP contribution in [-0.2, 0) is 5.41 Å². The van der Waals surface area contributed by atoms with E-state index in [0.717, 1.165) is 5.56 Å². The number of carboxylic acids is 2. The molecule has 0 fully saturated rings. The van der Waals surface area contributed by atoms with Crippen LogP contribution in [0.3, 0.4) is 0 Å². The van der Waals surface area contributed by atoms with Gasteiger partial charge in [0.25, 0.3) is 0 Å². The van der Waals surface area contributed by atoms with Crippen LogP contribution in [0.4, 0.5) is 0 Å². The van der Waals surface area contributed by atoms with E-state index < -0.39 is 11.9 Å². The van der Waals surface area contributed by atoms with Crippen LogP contribution in [0.15, 0.2) is 42.5 Å². The summed E-state index contributed by atoms with van der Waals surface area (Å²) in [6, 6.07) is 12.0. The second-order valence-electron chi connectivity index (χ2n) is 6.17. The van der Waals surface area contributed by atoms with E-state index in [1.54, 1.807) is 12.1 Å². The van der Waals surface area contributed by atoms with Crippen molar-refractivity contribution in [2.75, 3.05) is 0 Å². The summed E-state index contributed by atoms with van der Waals surface area (Å²) in [5.74, 6) is -2.49. The number of hydrogen-bond acceptors (Lipinski definition) is 2. The molecule has 2 aromatic rings. The Morgan fingerprint density at radius 2 is 1.45 bits per heavy atom. The van der Waals surface area contributed by atoms with Crippen molar-refractivity contribution in [3.63, 3.8) is 0 Å². The van der Waals surface area contributed by atoms with Gasteiger partial charge in [0.15, 0.2) is 0 Å². The van der Waals surface area contributed by atoms with E-state index in [9.17, 15) is 19.8 Å². The van der Waals surface area contributed by atoms with Crippen LogP contribution in [0, 0.1) is 0 Å². The summed E-state index contributed by atoms with van der Waals surface area (Å²) in [5.41, 5.74) is 1.84. The molecule has 0 radical (unpaired) electrons. The van der Waals surface area contributed by atoms with Crippen LogP contribution in [0.2, 0.25) is 0 Å². The Bertz CT molecular complexity index is 722. The molecule has 0 bridgehead atoms. The highest BCUT2D eigenvalue weighted by molar-refractivity contribution is 6.06. The molecule has 2 aromatic carbocycles. The van der Waals surface area contributed by atoms with Gasteiger partial charge in [-0.05, 0) is 28.2 Å². The SMILES string of the molecule is CC(C)(C)c1ccc(-c2cccc(C(=O)O)c2C(=O)O)cc1. The zero-order valence-corrected chi connectivity index (χ0v) is 12.8. The van der Waals surface area contributed by atoms with Crippen molar-refractivity contribution in [1.82, 2.24) is 0 Å². The van der Waals surface area contributed by atoms with Gasteiger partial charge in [-0.3, -0.25) is 0 Å². The van der Waals surface area contributed by atoms with Gasteiger partial charge in [0, 0.05) is 0 Å². The fraction of sp³-hybridized carbons (Fsp3) is 0.222. The molecule has 0 atom stereocenters. The number of aromatic carboxylic acids is 2. The first-order valence-corrected chi connectivity index (χ1v) is 6.92. The summed E-state index contributed by atoms with van der Waals surface area (Å²) in [6.45, 7) is 6.28. The van der Waals surface area contributed by atoms with Crippen molar-refractivity contribution < 1.29 is 19.8 Å². The predicted molar refractivity (Wildman–Crippen MR) is 84.5 cm³/mol. The number of hydrogen-bond donors (Lipinski definition) is 2. The molecule has 0 aliphatic heterocycles. The quantitative estimate of drug-likeness (QED) is 0.896. The second-order valence-corrected chi connectivity index (χ2v) is 6.17. The summed E-state index contributed by atoms with van der Waals surface area (Å²) >= 11 is 0. The Balaban J connectivity index is 2.60. The number of carbonyl (C=O) groups is 2. The first kappa shape index (κ1) is 15.8. The monoisotopic (exact) mass is 298 g/mol. The summed E-state index contributed by atoms with van der Waals surface area (Å²) in [4.78, 5) is 22.7. The number of carboxylic acid groups (broad SMARTS) is 2. The van der Waals surface area contributed by atoms with E-state index in [-0.39, 0.29) is 16.5 Å². The molecular formula is C18H18O4. The largest absolute Gasteiger partial charge is 0.478 e. The molecule has 0 aromatic heterocycles. The molecule has 0 aliphatic carbocycles. The van der Waals surface area contributed by atoms with Crippen LogP contribution in [0.1, 0.15) is 47.1 Å². The summed E-state index contributed by atoms with van der Waals surface area (Å²) in [5, 5.41) is 18.6. The summed E-state index contributed by atoms with van der Waals surface area (Å²) < 4.78 is 0. The zero-order chi connectivity index (χ0) is 16.5. The molecule has 2 rings (SSSR count). The average molecular weight is 298 g/mol. The maximum absolute atomic E-state index is 11.5. The van der Waals surface area contributed by atoms with Gasteiger partial charge in [-0.1, -0.05) is 57.2 Å². The fourth-order valence-electron chi connectivity index (χ4n) is 2.35. The van der Waals surface area contributed by atoms with Crippen LogP contribution < -0.4 is 0 Å². The molecule has 0 aliphatic rings. The Hall–Kier alpha value is -2.62. The molecule has 0 heterocycles. The highest BCUT2D eigenvalue weighted by atomic mass is 16.4. The van der Waals surface area contributed by atoms with Gasteiger partial charge in [-0.2, -0.15) is 0 Å². The molecule has 4 heteroatoms.